The zero-order chi connectivity index (χ0) is 15.2. The van der Waals surface area contributed by atoms with Crippen molar-refractivity contribution < 1.29 is 14.6 Å². The molecular formula is C17H21NO3. The van der Waals surface area contributed by atoms with Crippen molar-refractivity contribution in [3.63, 3.8) is 0 Å². The number of aliphatic hydroxyl groups excluding tert-OH is 1. The Morgan fingerprint density at radius 3 is 2.38 bits per heavy atom. The van der Waals surface area contributed by atoms with Gasteiger partial charge in [-0.15, -0.1) is 0 Å². The van der Waals surface area contributed by atoms with Gasteiger partial charge in [-0.1, -0.05) is 30.3 Å². The molecule has 0 heterocycles. The summed E-state index contributed by atoms with van der Waals surface area (Å²) in [5.41, 5.74) is 1.81. The molecule has 4 nitrogen and oxygen atoms in total. The molecule has 0 aliphatic rings. The lowest BCUT2D eigenvalue weighted by Gasteiger charge is -2.25. The fraction of sp³-hybridized carbons (Fsp3) is 0.294. The van der Waals surface area contributed by atoms with Crippen LogP contribution >= 0.6 is 0 Å². The molecule has 1 atom stereocenters. The summed E-state index contributed by atoms with van der Waals surface area (Å²) in [4.78, 5) is 1.97. The van der Waals surface area contributed by atoms with E-state index in [1.54, 1.807) is 14.2 Å². The summed E-state index contributed by atoms with van der Waals surface area (Å²) in [6.45, 7) is 0.479. The number of nitrogens with zero attached hydrogens (tertiary/aromatic N) is 1. The molecule has 2 aromatic carbocycles. The van der Waals surface area contributed by atoms with E-state index in [0.29, 0.717) is 6.54 Å². The molecule has 0 bridgehead atoms. The summed E-state index contributed by atoms with van der Waals surface area (Å²) >= 11 is 0. The third-order valence-electron chi connectivity index (χ3n) is 3.43. The Kier molecular flexibility index (Phi) is 5.06. The molecule has 0 aliphatic carbocycles. The summed E-state index contributed by atoms with van der Waals surface area (Å²) in [6, 6.07) is 15.3. The number of anilines is 1. The van der Waals surface area contributed by atoms with Gasteiger partial charge in [-0.05, 0) is 17.7 Å². The molecule has 0 radical (unpaired) electrons. The third kappa shape index (κ3) is 3.67. The molecule has 0 saturated heterocycles. The number of aliphatic hydroxyl groups is 1. The van der Waals surface area contributed by atoms with Crippen LogP contribution in [0.4, 0.5) is 5.69 Å². The predicted octanol–water partition coefficient (Wildman–Crippen LogP) is 2.87. The van der Waals surface area contributed by atoms with Crippen LogP contribution in [0.2, 0.25) is 0 Å². The average molecular weight is 287 g/mol. The lowest BCUT2D eigenvalue weighted by Crippen LogP contribution is -2.24. The van der Waals surface area contributed by atoms with Crippen LogP contribution in [-0.4, -0.2) is 32.9 Å². The Morgan fingerprint density at radius 2 is 1.76 bits per heavy atom. The van der Waals surface area contributed by atoms with Crippen molar-refractivity contribution in [2.75, 3.05) is 32.7 Å². The van der Waals surface area contributed by atoms with Crippen LogP contribution in [-0.2, 0) is 0 Å². The molecule has 0 aromatic heterocycles. The SMILES string of the molecule is COc1ccc(N(C)CC(O)c2ccccc2)c(OC)c1. The van der Waals surface area contributed by atoms with E-state index in [9.17, 15) is 5.11 Å². The van der Waals surface area contributed by atoms with Crippen LogP contribution in [0.25, 0.3) is 0 Å². The normalized spacial score (nSPS) is 11.8. The number of hydrogen-bond donors (Lipinski definition) is 1. The Balaban J connectivity index is 2.14. The van der Waals surface area contributed by atoms with Crippen molar-refractivity contribution in [2.45, 2.75) is 6.10 Å². The van der Waals surface area contributed by atoms with Crippen LogP contribution in [0.3, 0.4) is 0 Å². The predicted molar refractivity (Wildman–Crippen MR) is 84.2 cm³/mol. The van der Waals surface area contributed by atoms with Gasteiger partial charge >= 0.3 is 0 Å². The number of hydrogen-bond acceptors (Lipinski definition) is 4. The summed E-state index contributed by atoms with van der Waals surface area (Å²) in [5.74, 6) is 1.46. The highest BCUT2D eigenvalue weighted by Crippen LogP contribution is 2.32. The van der Waals surface area contributed by atoms with E-state index in [2.05, 4.69) is 0 Å². The lowest BCUT2D eigenvalue weighted by molar-refractivity contribution is 0.185. The standard InChI is InChI=1S/C17H21NO3/c1-18(12-16(19)13-7-5-4-6-8-13)15-10-9-14(20-2)11-17(15)21-3/h4-11,16,19H,12H2,1-3H3. The Morgan fingerprint density at radius 1 is 1.05 bits per heavy atom. The first kappa shape index (κ1) is 15.2. The first-order valence-corrected chi connectivity index (χ1v) is 6.82. The number of likely N-dealkylation sites (N-methyl/N-ethyl adjacent to an activating group) is 1. The van der Waals surface area contributed by atoms with Gasteiger partial charge in [-0.2, -0.15) is 0 Å². The quantitative estimate of drug-likeness (QED) is 0.887. The van der Waals surface area contributed by atoms with Crippen LogP contribution in [0, 0.1) is 0 Å². The smallest absolute Gasteiger partial charge is 0.145 e. The molecule has 1 N–H and O–H groups in total. The molecule has 2 aromatic rings. The molecule has 0 fully saturated rings. The number of rotatable bonds is 6. The molecule has 4 heteroatoms. The lowest BCUT2D eigenvalue weighted by atomic mass is 10.1. The molecule has 0 saturated carbocycles. The monoisotopic (exact) mass is 287 g/mol. The third-order valence-corrected chi connectivity index (χ3v) is 3.43. The van der Waals surface area contributed by atoms with Crippen molar-refractivity contribution in [3.05, 3.63) is 54.1 Å². The van der Waals surface area contributed by atoms with Crippen molar-refractivity contribution in [1.29, 1.82) is 0 Å². The van der Waals surface area contributed by atoms with Gasteiger partial charge < -0.3 is 19.5 Å². The Hall–Kier alpha value is -2.20. The van der Waals surface area contributed by atoms with Gasteiger partial charge in [0, 0.05) is 19.7 Å². The molecule has 21 heavy (non-hydrogen) atoms. The number of ether oxygens (including phenoxy) is 2. The van der Waals surface area contributed by atoms with Gasteiger partial charge in [-0.25, -0.2) is 0 Å². The number of methoxy groups -OCH3 is 2. The zero-order valence-corrected chi connectivity index (χ0v) is 12.6. The van der Waals surface area contributed by atoms with Crippen molar-refractivity contribution in [1.82, 2.24) is 0 Å². The number of benzene rings is 2. The highest BCUT2D eigenvalue weighted by atomic mass is 16.5. The summed E-state index contributed by atoms with van der Waals surface area (Å²) < 4.78 is 10.6. The van der Waals surface area contributed by atoms with Gasteiger partial charge in [0.25, 0.3) is 0 Å². The van der Waals surface area contributed by atoms with Crippen molar-refractivity contribution in [3.8, 4) is 11.5 Å². The minimum Gasteiger partial charge on any atom is -0.497 e. The molecule has 112 valence electrons. The Bertz CT molecular complexity index is 572. The van der Waals surface area contributed by atoms with E-state index in [0.717, 1.165) is 22.7 Å². The van der Waals surface area contributed by atoms with Crippen LogP contribution < -0.4 is 14.4 Å². The topological polar surface area (TPSA) is 41.9 Å². The highest BCUT2D eigenvalue weighted by Gasteiger charge is 2.14. The largest absolute Gasteiger partial charge is 0.497 e. The molecule has 0 amide bonds. The molecule has 0 spiro atoms. The van der Waals surface area contributed by atoms with Crippen molar-refractivity contribution >= 4 is 5.69 Å². The van der Waals surface area contributed by atoms with Gasteiger partial charge in [0.1, 0.15) is 11.5 Å². The van der Waals surface area contributed by atoms with Gasteiger partial charge in [0.15, 0.2) is 0 Å². The van der Waals surface area contributed by atoms with Crippen LogP contribution in [0.1, 0.15) is 11.7 Å². The van der Waals surface area contributed by atoms with Crippen LogP contribution in [0.15, 0.2) is 48.5 Å². The van der Waals surface area contributed by atoms with Gasteiger partial charge in [-0.3, -0.25) is 0 Å². The minimum absolute atomic E-state index is 0.479. The Labute approximate surface area is 125 Å². The summed E-state index contributed by atoms with van der Waals surface area (Å²) in [5, 5.41) is 10.3. The second-order valence-electron chi connectivity index (χ2n) is 4.84. The second kappa shape index (κ2) is 6.99. The van der Waals surface area contributed by atoms with E-state index in [-0.39, 0.29) is 0 Å². The van der Waals surface area contributed by atoms with E-state index in [1.165, 1.54) is 0 Å². The maximum absolute atomic E-state index is 10.3. The van der Waals surface area contributed by atoms with E-state index >= 15 is 0 Å². The summed E-state index contributed by atoms with van der Waals surface area (Å²) in [6.07, 6.45) is -0.553. The molecular weight excluding hydrogens is 266 g/mol. The maximum atomic E-state index is 10.3. The van der Waals surface area contributed by atoms with E-state index < -0.39 is 6.10 Å². The molecule has 2 rings (SSSR count). The second-order valence-corrected chi connectivity index (χ2v) is 4.84. The summed E-state index contributed by atoms with van der Waals surface area (Å²) in [7, 11) is 5.17. The van der Waals surface area contributed by atoms with E-state index in [4.69, 9.17) is 9.47 Å². The van der Waals surface area contributed by atoms with Gasteiger partial charge in [0.05, 0.1) is 26.0 Å². The average Bonchev–Trinajstić information content (AvgIpc) is 2.54. The van der Waals surface area contributed by atoms with Gasteiger partial charge in [0.2, 0.25) is 0 Å². The van der Waals surface area contributed by atoms with Crippen molar-refractivity contribution in [2.24, 2.45) is 0 Å². The van der Waals surface area contributed by atoms with E-state index in [1.807, 2.05) is 60.5 Å². The highest BCUT2D eigenvalue weighted by molar-refractivity contribution is 5.60. The first-order chi connectivity index (χ1) is 10.2. The van der Waals surface area contributed by atoms with Crippen LogP contribution in [0.5, 0.6) is 11.5 Å². The molecule has 1 unspecified atom stereocenters. The fourth-order valence-corrected chi connectivity index (χ4v) is 2.24. The molecule has 0 aliphatic heterocycles. The zero-order valence-electron chi connectivity index (χ0n) is 12.6. The first-order valence-electron chi connectivity index (χ1n) is 6.82. The minimum atomic E-state index is -0.553. The maximum Gasteiger partial charge on any atom is 0.145 e. The fourth-order valence-electron chi connectivity index (χ4n) is 2.24.